The third-order valence-corrected chi connectivity index (χ3v) is 6.68. The molecule has 0 bridgehead atoms. The monoisotopic (exact) mass is 507 g/mol. The van der Waals surface area contributed by atoms with Gasteiger partial charge < -0.3 is 35.4 Å². The molecule has 5 atom stereocenters. The van der Waals surface area contributed by atoms with Gasteiger partial charge in [-0.1, -0.05) is 19.3 Å². The molecule has 15 nitrogen and oxygen atoms in total. The number of aromatic nitrogens is 4. The molecule has 0 aromatic carbocycles. The Bertz CT molecular complexity index is 1160. The van der Waals surface area contributed by atoms with E-state index in [1.54, 1.807) is 0 Å². The molecule has 1 saturated heterocycles. The summed E-state index contributed by atoms with van der Waals surface area (Å²) in [5.74, 6) is 5.90. The molecule has 1 fully saturated rings. The number of nitrogens with zero attached hydrogens (tertiary/aromatic N) is 4. The van der Waals surface area contributed by atoms with Crippen molar-refractivity contribution < 1.29 is 47.6 Å². The van der Waals surface area contributed by atoms with E-state index in [0.29, 0.717) is 6.42 Å². The molecule has 3 heterocycles. The molecule has 3 rings (SSSR count). The average Bonchev–Trinajstić information content (AvgIpc) is 3.24. The van der Waals surface area contributed by atoms with Crippen LogP contribution in [0.15, 0.2) is 6.33 Å². The lowest BCUT2D eigenvalue weighted by atomic mass is 10.1. The number of nitrogens with two attached hydrogens (primary N) is 1. The van der Waals surface area contributed by atoms with Crippen molar-refractivity contribution in [1.29, 1.82) is 0 Å². The third kappa shape index (κ3) is 6.34. The van der Waals surface area contributed by atoms with Gasteiger partial charge >= 0.3 is 15.6 Å². The first-order valence-corrected chi connectivity index (χ1v) is 12.7. The SMILES string of the molecule is CCCCC#Cc1nc(N)c2ncn(C3O[C@H](COP(=O)(O)OP(=O)(O)O)[C@@H](O)[C@H]3O)c2n1. The second-order valence-electron chi connectivity index (χ2n) is 7.04. The van der Waals surface area contributed by atoms with Gasteiger partial charge in [0, 0.05) is 6.42 Å². The molecule has 33 heavy (non-hydrogen) atoms. The van der Waals surface area contributed by atoms with Crippen LogP contribution in [0, 0.1) is 11.8 Å². The summed E-state index contributed by atoms with van der Waals surface area (Å²) < 4.78 is 37.3. The molecule has 0 spiro atoms. The van der Waals surface area contributed by atoms with Gasteiger partial charge in [-0.2, -0.15) is 4.31 Å². The first-order chi connectivity index (χ1) is 15.4. The number of ether oxygens (including phenoxy) is 1. The van der Waals surface area contributed by atoms with E-state index in [1.165, 1.54) is 10.9 Å². The van der Waals surface area contributed by atoms with E-state index in [4.69, 9.17) is 20.3 Å². The number of unbranched alkanes of at least 4 members (excludes halogenated alkanes) is 2. The molecule has 2 aromatic rings. The first kappa shape index (κ1) is 25.7. The molecule has 0 aliphatic carbocycles. The van der Waals surface area contributed by atoms with Crippen LogP contribution in [0.25, 0.3) is 11.2 Å². The van der Waals surface area contributed by atoms with Crippen LogP contribution in [0.5, 0.6) is 0 Å². The van der Waals surface area contributed by atoms with Crippen molar-refractivity contribution >= 4 is 32.6 Å². The minimum absolute atomic E-state index is 0.0438. The number of fused-ring (bicyclic) bond motifs is 1. The summed E-state index contributed by atoms with van der Waals surface area (Å²) in [7, 11) is -10.5. The highest BCUT2D eigenvalue weighted by Gasteiger charge is 2.46. The molecule has 0 radical (unpaired) electrons. The largest absolute Gasteiger partial charge is 0.481 e. The summed E-state index contributed by atoms with van der Waals surface area (Å²) in [6.07, 6.45) is -1.98. The van der Waals surface area contributed by atoms with Gasteiger partial charge in [0.25, 0.3) is 0 Å². The lowest BCUT2D eigenvalue weighted by Gasteiger charge is -2.17. The Kier molecular flexibility index (Phi) is 7.87. The third-order valence-electron chi connectivity index (χ3n) is 4.53. The molecule has 0 saturated carbocycles. The van der Waals surface area contributed by atoms with Crippen LogP contribution in [0.1, 0.15) is 38.2 Å². The van der Waals surface area contributed by atoms with Crippen molar-refractivity contribution in [3.8, 4) is 11.8 Å². The Hall–Kier alpha value is -1.95. The van der Waals surface area contributed by atoms with Crippen LogP contribution >= 0.6 is 15.6 Å². The van der Waals surface area contributed by atoms with Gasteiger partial charge in [-0.3, -0.25) is 9.09 Å². The van der Waals surface area contributed by atoms with Crippen molar-refractivity contribution in [2.45, 2.75) is 50.7 Å². The first-order valence-electron chi connectivity index (χ1n) is 9.66. The number of rotatable bonds is 8. The molecule has 7 N–H and O–H groups in total. The lowest BCUT2D eigenvalue weighted by Crippen LogP contribution is -2.33. The highest BCUT2D eigenvalue weighted by Crippen LogP contribution is 2.57. The maximum absolute atomic E-state index is 11.6. The van der Waals surface area contributed by atoms with Crippen molar-refractivity contribution in [3.63, 3.8) is 0 Å². The van der Waals surface area contributed by atoms with Crippen LogP contribution in [-0.2, 0) is 22.7 Å². The number of nitrogen functional groups attached to an aromatic ring is 1. The molecule has 17 heteroatoms. The summed E-state index contributed by atoms with van der Waals surface area (Å²) in [5, 5.41) is 20.7. The van der Waals surface area contributed by atoms with Gasteiger partial charge in [0.1, 0.15) is 23.8 Å². The number of aliphatic hydroxyl groups excluding tert-OH is 2. The van der Waals surface area contributed by atoms with Crippen LogP contribution in [0.4, 0.5) is 5.82 Å². The van der Waals surface area contributed by atoms with Gasteiger partial charge in [0.15, 0.2) is 17.7 Å². The van der Waals surface area contributed by atoms with Gasteiger partial charge in [0.2, 0.25) is 5.82 Å². The highest BCUT2D eigenvalue weighted by molar-refractivity contribution is 7.60. The number of anilines is 1. The topological polar surface area (TPSA) is 233 Å². The molecule has 0 amide bonds. The fourth-order valence-electron chi connectivity index (χ4n) is 3.01. The Morgan fingerprint density at radius 2 is 1.97 bits per heavy atom. The average molecular weight is 507 g/mol. The zero-order chi connectivity index (χ0) is 24.4. The summed E-state index contributed by atoms with van der Waals surface area (Å²) >= 11 is 0. The van der Waals surface area contributed by atoms with E-state index in [2.05, 4.69) is 35.6 Å². The minimum Gasteiger partial charge on any atom is -0.387 e. The predicted molar refractivity (Wildman–Crippen MR) is 111 cm³/mol. The van der Waals surface area contributed by atoms with Crippen molar-refractivity contribution in [2.75, 3.05) is 12.3 Å². The fraction of sp³-hybridized carbons (Fsp3) is 0.562. The fourth-order valence-corrected chi connectivity index (χ4v) is 4.61. The summed E-state index contributed by atoms with van der Waals surface area (Å²) in [4.78, 5) is 39.1. The highest BCUT2D eigenvalue weighted by atomic mass is 31.3. The van der Waals surface area contributed by atoms with Gasteiger partial charge in [-0.15, -0.1) is 0 Å². The summed E-state index contributed by atoms with van der Waals surface area (Å²) in [6, 6.07) is 0. The van der Waals surface area contributed by atoms with Crippen molar-refractivity contribution in [2.24, 2.45) is 0 Å². The molecule has 1 aliphatic rings. The van der Waals surface area contributed by atoms with E-state index in [0.717, 1.165) is 12.8 Å². The smallest absolute Gasteiger partial charge is 0.387 e. The number of aliphatic hydroxyl groups is 2. The van der Waals surface area contributed by atoms with Crippen LogP contribution in [0.3, 0.4) is 0 Å². The molecular weight excluding hydrogens is 484 g/mol. The second kappa shape index (κ2) is 10.1. The number of phosphoric ester groups is 1. The van der Waals surface area contributed by atoms with E-state index in [-0.39, 0.29) is 22.8 Å². The molecular formula is C16H23N5O10P2. The predicted octanol–water partition coefficient (Wildman–Crippen LogP) is -0.204. The zero-order valence-corrected chi connectivity index (χ0v) is 19.0. The number of hydrogen-bond acceptors (Lipinski definition) is 11. The second-order valence-corrected chi connectivity index (χ2v) is 9.87. The Balaban J connectivity index is 1.80. The van der Waals surface area contributed by atoms with Gasteiger partial charge in [-0.25, -0.2) is 24.1 Å². The van der Waals surface area contributed by atoms with Crippen LogP contribution in [-0.4, -0.2) is 69.3 Å². The van der Waals surface area contributed by atoms with E-state index in [9.17, 15) is 24.2 Å². The van der Waals surface area contributed by atoms with Crippen molar-refractivity contribution in [3.05, 3.63) is 12.2 Å². The van der Waals surface area contributed by atoms with E-state index < -0.39 is 46.8 Å². The normalized spacial score (nSPS) is 25.0. The summed E-state index contributed by atoms with van der Waals surface area (Å²) in [6.45, 7) is 1.20. The molecule has 2 aromatic heterocycles. The van der Waals surface area contributed by atoms with Gasteiger partial charge in [-0.05, 0) is 12.3 Å². The number of imidazole rings is 1. The maximum Gasteiger partial charge on any atom is 0.481 e. The van der Waals surface area contributed by atoms with Gasteiger partial charge in [0.05, 0.1) is 12.9 Å². The van der Waals surface area contributed by atoms with Crippen molar-refractivity contribution in [1.82, 2.24) is 19.5 Å². The molecule has 1 aliphatic heterocycles. The molecule has 182 valence electrons. The number of hydrogen-bond donors (Lipinski definition) is 6. The van der Waals surface area contributed by atoms with E-state index in [1.807, 2.05) is 6.92 Å². The Labute approximate surface area is 187 Å². The van der Waals surface area contributed by atoms with Crippen LogP contribution in [0.2, 0.25) is 0 Å². The number of phosphoric acid groups is 2. The van der Waals surface area contributed by atoms with Crippen LogP contribution < -0.4 is 5.73 Å². The summed E-state index contributed by atoms with van der Waals surface area (Å²) in [5.41, 5.74) is 6.30. The minimum atomic E-state index is -5.32. The van der Waals surface area contributed by atoms with E-state index >= 15 is 0 Å². The lowest BCUT2D eigenvalue weighted by molar-refractivity contribution is -0.0503. The quantitative estimate of drug-likeness (QED) is 0.154. The standard InChI is InChI=1S/C16H23N5O10P2/c1-2-3-4-5-6-10-19-14(17)11-15(20-10)21(8-18-11)16-13(23)12(22)9(30-16)7-29-33(27,28)31-32(24,25)26/h8-9,12-13,16,22-23H,2-4,7H2,1H3,(H,27,28)(H2,17,19,20)(H2,24,25,26)/t9-,12-,13-,16?/m1/s1. The Morgan fingerprint density at radius 1 is 1.24 bits per heavy atom. The molecule has 2 unspecified atom stereocenters. The zero-order valence-electron chi connectivity index (χ0n) is 17.3. The maximum atomic E-state index is 11.6. The Morgan fingerprint density at radius 3 is 2.64 bits per heavy atom.